The summed E-state index contributed by atoms with van der Waals surface area (Å²) in [4.78, 5) is 67.9. The topological polar surface area (TPSA) is 167 Å². The standard InChI is InChI=1S/C31H32ClN3O7/c1-35(2)25-19-10-15-9-18-22(26(37)21(15)28(39)31(19,42)29(40)23(27(25)38)30(33)41)20(36)11-16(24(18)32)12-34-17-7-13-5-3-4-6-14(13)8-17/h3-6,11,15,17,19,21,23,25,34,36,42H,7-10,12H2,1-2H3,(H2,33,41)/t15-,19-,21?,23?,25-,31-/m0/s1. The van der Waals surface area contributed by atoms with Gasteiger partial charge >= 0.3 is 0 Å². The molecule has 10 nitrogen and oxygen atoms in total. The highest BCUT2D eigenvalue weighted by Gasteiger charge is 2.69. The minimum absolute atomic E-state index is 0.0240. The van der Waals surface area contributed by atoms with Gasteiger partial charge in [0.15, 0.2) is 34.7 Å². The van der Waals surface area contributed by atoms with E-state index >= 15 is 0 Å². The van der Waals surface area contributed by atoms with Crippen molar-refractivity contribution in [1.29, 1.82) is 0 Å². The van der Waals surface area contributed by atoms with Crippen molar-refractivity contribution in [3.05, 3.63) is 63.2 Å². The highest BCUT2D eigenvalue weighted by Crippen LogP contribution is 2.51. The molecule has 0 radical (unpaired) electrons. The van der Waals surface area contributed by atoms with E-state index in [9.17, 15) is 34.2 Å². The van der Waals surface area contributed by atoms with E-state index in [0.717, 1.165) is 12.8 Å². The summed E-state index contributed by atoms with van der Waals surface area (Å²) in [5, 5.41) is 26.5. The molecule has 6 rings (SSSR count). The summed E-state index contributed by atoms with van der Waals surface area (Å²) in [7, 11) is 3.09. The number of primary amides is 1. The van der Waals surface area contributed by atoms with Crippen LogP contribution in [0.3, 0.4) is 0 Å². The number of Topliss-reactive ketones (excluding diaryl/α,β-unsaturated/α-hetero) is 4. The van der Waals surface area contributed by atoms with Gasteiger partial charge in [0.05, 0.1) is 17.5 Å². The lowest BCUT2D eigenvalue weighted by Gasteiger charge is -2.52. The molecule has 0 bridgehead atoms. The van der Waals surface area contributed by atoms with E-state index < -0.39 is 64.4 Å². The normalized spacial score (nSPS) is 30.6. The summed E-state index contributed by atoms with van der Waals surface area (Å²) in [6, 6.07) is 8.67. The molecule has 2 aromatic carbocycles. The van der Waals surface area contributed by atoms with Crippen molar-refractivity contribution in [1.82, 2.24) is 10.2 Å². The van der Waals surface area contributed by atoms with Gasteiger partial charge in [-0.3, -0.25) is 28.9 Å². The number of carbonyl (C=O) groups is 5. The third-order valence-corrected chi connectivity index (χ3v) is 10.2. The number of aromatic hydroxyl groups is 1. The average molecular weight is 594 g/mol. The first-order valence-electron chi connectivity index (χ1n) is 14.0. The minimum atomic E-state index is -2.75. The Bertz CT molecular complexity index is 1550. The van der Waals surface area contributed by atoms with Crippen molar-refractivity contribution in [3.63, 3.8) is 0 Å². The number of phenols is 1. The number of fused-ring (bicyclic) bond motifs is 4. The third-order valence-electron chi connectivity index (χ3n) is 9.70. The molecule has 0 heterocycles. The summed E-state index contributed by atoms with van der Waals surface area (Å²) in [6.07, 6.45) is 1.83. The molecule has 2 aromatic rings. The van der Waals surface area contributed by atoms with E-state index in [1.807, 2.05) is 12.1 Å². The molecule has 0 aliphatic heterocycles. The Morgan fingerprint density at radius 1 is 1.10 bits per heavy atom. The van der Waals surface area contributed by atoms with Crippen LogP contribution in [0.2, 0.25) is 5.02 Å². The number of halogens is 1. The molecule has 0 spiro atoms. The summed E-state index contributed by atoms with van der Waals surface area (Å²) in [5.41, 5.74) is 6.07. The number of ketones is 4. The molecule has 4 aliphatic rings. The number of hydrogen-bond acceptors (Lipinski definition) is 9. The maximum atomic E-state index is 13.9. The van der Waals surface area contributed by atoms with Gasteiger partial charge in [0.25, 0.3) is 0 Å². The molecule has 0 aromatic heterocycles. The maximum Gasteiger partial charge on any atom is 0.235 e. The second-order valence-corrected chi connectivity index (χ2v) is 12.6. The number of amides is 1. The Morgan fingerprint density at radius 2 is 1.74 bits per heavy atom. The predicted octanol–water partition coefficient (Wildman–Crippen LogP) is 0.777. The van der Waals surface area contributed by atoms with Crippen molar-refractivity contribution >= 4 is 40.6 Å². The molecular weight excluding hydrogens is 562 g/mol. The second kappa shape index (κ2) is 10.1. The SMILES string of the molecule is CN(C)[C@@H]1C(=O)C(C(N)=O)C(=O)[C@@]2(O)C(=O)C3C(=O)c4c(O)cc(CNC5Cc6ccccc6C5)c(Cl)c4C[C@H]3C[C@@H]12. The maximum absolute atomic E-state index is 13.9. The van der Waals surface area contributed by atoms with Gasteiger partial charge in [-0.05, 0) is 74.0 Å². The summed E-state index contributed by atoms with van der Waals surface area (Å²) >= 11 is 6.84. The van der Waals surface area contributed by atoms with Crippen molar-refractivity contribution < 1.29 is 34.2 Å². The number of nitrogens with one attached hydrogen (secondary N) is 1. The van der Waals surface area contributed by atoms with Gasteiger partial charge in [-0.2, -0.15) is 0 Å². The number of aliphatic hydroxyl groups is 1. The van der Waals surface area contributed by atoms with Crippen LogP contribution in [0.5, 0.6) is 5.75 Å². The van der Waals surface area contributed by atoms with Crippen molar-refractivity contribution in [2.75, 3.05) is 14.1 Å². The van der Waals surface area contributed by atoms with Crippen LogP contribution >= 0.6 is 11.6 Å². The number of likely N-dealkylation sites (N-methyl/N-ethyl adjacent to an activating group) is 1. The summed E-state index contributed by atoms with van der Waals surface area (Å²) < 4.78 is 0. The average Bonchev–Trinajstić information content (AvgIpc) is 3.34. The molecule has 4 aliphatic carbocycles. The van der Waals surface area contributed by atoms with Crippen LogP contribution < -0.4 is 11.1 Å². The lowest BCUT2D eigenvalue weighted by atomic mass is 9.52. The van der Waals surface area contributed by atoms with Crippen molar-refractivity contribution in [2.45, 2.75) is 49.9 Å². The van der Waals surface area contributed by atoms with Crippen molar-refractivity contribution in [2.24, 2.45) is 29.4 Å². The van der Waals surface area contributed by atoms with Crippen LogP contribution in [0.4, 0.5) is 0 Å². The van der Waals surface area contributed by atoms with Crippen LogP contribution in [-0.4, -0.2) is 75.9 Å². The van der Waals surface area contributed by atoms with Gasteiger partial charge in [-0.1, -0.05) is 35.9 Å². The van der Waals surface area contributed by atoms with E-state index in [1.165, 1.54) is 22.1 Å². The molecular formula is C31H32ClN3O7. The Hall–Kier alpha value is -3.44. The summed E-state index contributed by atoms with van der Waals surface area (Å²) in [6.45, 7) is 0.349. The fourth-order valence-electron chi connectivity index (χ4n) is 7.79. The Labute approximate surface area is 247 Å². The zero-order chi connectivity index (χ0) is 30.2. The number of carbonyl (C=O) groups excluding carboxylic acids is 5. The van der Waals surface area contributed by atoms with E-state index in [-0.39, 0.29) is 30.2 Å². The Balaban J connectivity index is 1.32. The molecule has 0 saturated heterocycles. The minimum Gasteiger partial charge on any atom is -0.507 e. The lowest BCUT2D eigenvalue weighted by molar-refractivity contribution is -0.181. The monoisotopic (exact) mass is 593 g/mol. The van der Waals surface area contributed by atoms with Crippen LogP contribution in [0, 0.1) is 23.7 Å². The largest absolute Gasteiger partial charge is 0.507 e. The van der Waals surface area contributed by atoms with Crippen LogP contribution in [0.15, 0.2) is 30.3 Å². The first-order chi connectivity index (χ1) is 19.9. The lowest BCUT2D eigenvalue weighted by Crippen LogP contribution is -2.74. The molecule has 2 unspecified atom stereocenters. The summed E-state index contributed by atoms with van der Waals surface area (Å²) in [5.74, 6) is -10.8. The smallest absolute Gasteiger partial charge is 0.235 e. The van der Waals surface area contributed by atoms with Gasteiger partial charge < -0.3 is 21.3 Å². The number of nitrogens with two attached hydrogens (primary N) is 1. The van der Waals surface area contributed by atoms with E-state index in [4.69, 9.17) is 17.3 Å². The van der Waals surface area contributed by atoms with Crippen LogP contribution in [0.25, 0.3) is 0 Å². The zero-order valence-electron chi connectivity index (χ0n) is 23.2. The van der Waals surface area contributed by atoms with Crippen molar-refractivity contribution in [3.8, 4) is 5.75 Å². The molecule has 2 fully saturated rings. The van der Waals surface area contributed by atoms with Gasteiger partial charge in [0, 0.05) is 23.5 Å². The van der Waals surface area contributed by atoms with Crippen LogP contribution in [-0.2, 0) is 45.0 Å². The molecule has 6 atom stereocenters. The zero-order valence-corrected chi connectivity index (χ0v) is 24.0. The number of nitrogens with zero attached hydrogens (tertiary/aromatic N) is 1. The fourth-order valence-corrected chi connectivity index (χ4v) is 8.09. The highest BCUT2D eigenvalue weighted by atomic mass is 35.5. The number of rotatable bonds is 5. The van der Waals surface area contributed by atoms with Crippen LogP contribution in [0.1, 0.15) is 39.0 Å². The van der Waals surface area contributed by atoms with Gasteiger partial charge in [-0.25, -0.2) is 0 Å². The molecule has 5 N–H and O–H groups in total. The number of benzene rings is 2. The van der Waals surface area contributed by atoms with Gasteiger partial charge in [-0.15, -0.1) is 0 Å². The van der Waals surface area contributed by atoms with E-state index in [0.29, 0.717) is 22.7 Å². The fraction of sp³-hybridized carbons (Fsp3) is 0.452. The molecule has 11 heteroatoms. The predicted molar refractivity (Wildman–Crippen MR) is 151 cm³/mol. The Morgan fingerprint density at radius 3 is 2.33 bits per heavy atom. The highest BCUT2D eigenvalue weighted by molar-refractivity contribution is 6.34. The molecule has 42 heavy (non-hydrogen) atoms. The quantitative estimate of drug-likeness (QED) is 0.366. The number of hydrogen-bond donors (Lipinski definition) is 4. The molecule has 220 valence electrons. The van der Waals surface area contributed by atoms with Gasteiger partial charge in [0.1, 0.15) is 5.75 Å². The Kier molecular flexibility index (Phi) is 6.88. The first kappa shape index (κ1) is 28.7. The number of phenolic OH excluding ortho intramolecular Hbond substituents is 1. The molecule has 2 saturated carbocycles. The van der Waals surface area contributed by atoms with E-state index in [2.05, 4.69) is 17.4 Å². The molecule has 1 amide bonds. The third kappa shape index (κ3) is 4.07. The second-order valence-electron chi connectivity index (χ2n) is 12.3. The first-order valence-corrected chi connectivity index (χ1v) is 14.4. The van der Waals surface area contributed by atoms with Gasteiger partial charge in [0.2, 0.25) is 5.91 Å². The van der Waals surface area contributed by atoms with E-state index in [1.54, 1.807) is 14.1 Å².